The summed E-state index contributed by atoms with van der Waals surface area (Å²) >= 11 is 5.56. The molecule has 0 unspecified atom stereocenters. The van der Waals surface area contributed by atoms with E-state index in [2.05, 4.69) is 0 Å². The third kappa shape index (κ3) is 6.01. The highest BCUT2D eigenvalue weighted by Gasteiger charge is 2.24. The molecule has 0 aliphatic heterocycles. The molecule has 0 heterocycles. The van der Waals surface area contributed by atoms with Gasteiger partial charge in [0.2, 0.25) is 0 Å². The van der Waals surface area contributed by atoms with E-state index in [0.29, 0.717) is 45.1 Å². The molecule has 0 aromatic rings. The fraction of sp³-hybridized carbons (Fsp3) is 1.00. The minimum atomic E-state index is -3.38. The summed E-state index contributed by atoms with van der Waals surface area (Å²) in [6, 6.07) is 0. The zero-order valence-corrected chi connectivity index (χ0v) is 12.4. The van der Waals surface area contributed by atoms with Crippen molar-refractivity contribution in [3.63, 3.8) is 0 Å². The van der Waals surface area contributed by atoms with Gasteiger partial charge in [0.25, 0.3) is 10.2 Å². The van der Waals surface area contributed by atoms with Crippen LogP contribution in [0.5, 0.6) is 0 Å². The third-order valence-electron chi connectivity index (χ3n) is 2.37. The molecule has 7 heteroatoms. The Morgan fingerprint density at radius 2 is 1.88 bits per heavy atom. The Morgan fingerprint density at radius 1 is 1.24 bits per heavy atom. The number of halogens is 1. The van der Waals surface area contributed by atoms with Crippen LogP contribution in [-0.4, -0.2) is 62.8 Å². The van der Waals surface area contributed by atoms with E-state index in [4.69, 9.17) is 16.3 Å². The van der Waals surface area contributed by atoms with Gasteiger partial charge in [-0.2, -0.15) is 17.0 Å². The Hall–Kier alpha value is 0.120. The van der Waals surface area contributed by atoms with Gasteiger partial charge in [0.05, 0.1) is 6.61 Å². The van der Waals surface area contributed by atoms with Crippen molar-refractivity contribution in [2.75, 3.05) is 45.8 Å². The molecule has 0 spiro atoms. The number of hydrogen-bond donors (Lipinski definition) is 0. The quantitative estimate of drug-likeness (QED) is 0.447. The average molecular weight is 287 g/mol. The number of rotatable bonds is 10. The second kappa shape index (κ2) is 9.10. The van der Waals surface area contributed by atoms with Crippen molar-refractivity contribution < 1.29 is 13.2 Å². The summed E-state index contributed by atoms with van der Waals surface area (Å²) in [5.41, 5.74) is 0. The highest BCUT2D eigenvalue weighted by Crippen LogP contribution is 2.07. The van der Waals surface area contributed by atoms with E-state index >= 15 is 0 Å². The summed E-state index contributed by atoms with van der Waals surface area (Å²) < 4.78 is 32.2. The predicted molar refractivity (Wildman–Crippen MR) is 70.6 cm³/mol. The summed E-state index contributed by atoms with van der Waals surface area (Å²) in [6.45, 7) is 6.00. The molecule has 0 amide bonds. The average Bonchev–Trinajstić information content (AvgIpc) is 2.31. The summed E-state index contributed by atoms with van der Waals surface area (Å²) in [4.78, 5) is 0. The Bertz CT molecular complexity index is 285. The van der Waals surface area contributed by atoms with Crippen molar-refractivity contribution in [1.29, 1.82) is 0 Å². The highest BCUT2D eigenvalue weighted by atomic mass is 35.5. The number of hydrogen-bond acceptors (Lipinski definition) is 3. The molecule has 0 bridgehead atoms. The summed E-state index contributed by atoms with van der Waals surface area (Å²) in [5.74, 6) is 0.463. The van der Waals surface area contributed by atoms with Gasteiger partial charge in [0.15, 0.2) is 0 Å². The Morgan fingerprint density at radius 3 is 2.35 bits per heavy atom. The summed E-state index contributed by atoms with van der Waals surface area (Å²) in [5, 5.41) is 0. The molecule has 17 heavy (non-hydrogen) atoms. The van der Waals surface area contributed by atoms with Crippen molar-refractivity contribution in [1.82, 2.24) is 8.61 Å². The van der Waals surface area contributed by atoms with Gasteiger partial charge >= 0.3 is 0 Å². The van der Waals surface area contributed by atoms with Crippen molar-refractivity contribution in [2.24, 2.45) is 0 Å². The maximum Gasteiger partial charge on any atom is 0.281 e. The lowest BCUT2D eigenvalue weighted by Gasteiger charge is -2.26. The monoisotopic (exact) mass is 286 g/mol. The normalized spacial score (nSPS) is 12.6. The van der Waals surface area contributed by atoms with Gasteiger partial charge in [-0.25, -0.2) is 0 Å². The molecule has 0 saturated carbocycles. The smallest absolute Gasteiger partial charge is 0.281 e. The standard InChI is InChI=1S/C10H23ClN2O3S/c1-4-13(9-10-16-5-2)17(14,15)12(3)8-6-7-11/h4-10H2,1-3H3. The fourth-order valence-electron chi connectivity index (χ4n) is 1.34. The van der Waals surface area contributed by atoms with Crippen LogP contribution in [0.15, 0.2) is 0 Å². The molecular weight excluding hydrogens is 264 g/mol. The number of alkyl halides is 1. The minimum Gasteiger partial charge on any atom is -0.380 e. The second-order valence-corrected chi connectivity index (χ2v) is 5.97. The van der Waals surface area contributed by atoms with E-state index in [-0.39, 0.29) is 0 Å². The molecule has 5 nitrogen and oxygen atoms in total. The van der Waals surface area contributed by atoms with E-state index in [0.717, 1.165) is 0 Å². The van der Waals surface area contributed by atoms with Crippen molar-refractivity contribution in [3.05, 3.63) is 0 Å². The molecule has 104 valence electrons. The van der Waals surface area contributed by atoms with E-state index in [1.807, 2.05) is 13.8 Å². The summed E-state index contributed by atoms with van der Waals surface area (Å²) in [6.07, 6.45) is 0.653. The first-order chi connectivity index (χ1) is 8.00. The van der Waals surface area contributed by atoms with E-state index in [1.54, 1.807) is 7.05 Å². The molecule has 0 saturated heterocycles. The molecule has 0 rings (SSSR count). The van der Waals surface area contributed by atoms with Gasteiger partial charge in [0, 0.05) is 39.2 Å². The molecule has 0 atom stereocenters. The van der Waals surface area contributed by atoms with Gasteiger partial charge in [0.1, 0.15) is 0 Å². The minimum absolute atomic E-state index is 0.387. The Labute approximate surface area is 110 Å². The maximum atomic E-state index is 12.1. The lowest BCUT2D eigenvalue weighted by molar-refractivity contribution is 0.134. The Kier molecular flexibility index (Phi) is 9.17. The van der Waals surface area contributed by atoms with Crippen LogP contribution in [0.3, 0.4) is 0 Å². The second-order valence-electron chi connectivity index (χ2n) is 3.56. The Balaban J connectivity index is 4.40. The van der Waals surface area contributed by atoms with Crippen LogP contribution in [0.2, 0.25) is 0 Å². The van der Waals surface area contributed by atoms with Crippen LogP contribution in [0.1, 0.15) is 20.3 Å². The van der Waals surface area contributed by atoms with Gasteiger partial charge in [-0.05, 0) is 13.3 Å². The zero-order chi connectivity index (χ0) is 13.3. The number of nitrogens with zero attached hydrogens (tertiary/aromatic N) is 2. The molecule has 0 fully saturated rings. The molecule has 0 aromatic carbocycles. The van der Waals surface area contributed by atoms with Gasteiger partial charge in [-0.1, -0.05) is 6.92 Å². The van der Waals surface area contributed by atoms with E-state index < -0.39 is 10.2 Å². The largest absolute Gasteiger partial charge is 0.380 e. The fourth-order valence-corrected chi connectivity index (χ4v) is 2.85. The molecular formula is C10H23ClN2O3S. The topological polar surface area (TPSA) is 49.9 Å². The third-order valence-corrected chi connectivity index (χ3v) is 4.70. The van der Waals surface area contributed by atoms with Crippen LogP contribution in [0.25, 0.3) is 0 Å². The number of ether oxygens (including phenoxy) is 1. The molecule has 0 aliphatic carbocycles. The van der Waals surface area contributed by atoms with Gasteiger partial charge < -0.3 is 4.74 Å². The summed E-state index contributed by atoms with van der Waals surface area (Å²) in [7, 11) is -1.80. The first-order valence-electron chi connectivity index (χ1n) is 5.85. The molecule has 0 radical (unpaired) electrons. The highest BCUT2D eigenvalue weighted by molar-refractivity contribution is 7.86. The van der Waals surface area contributed by atoms with Gasteiger partial charge in [-0.15, -0.1) is 11.6 Å². The van der Waals surface area contributed by atoms with E-state index in [1.165, 1.54) is 8.61 Å². The first kappa shape index (κ1) is 17.1. The van der Waals surface area contributed by atoms with Crippen LogP contribution < -0.4 is 0 Å². The molecule has 0 aromatic heterocycles. The maximum absolute atomic E-state index is 12.1. The zero-order valence-electron chi connectivity index (χ0n) is 10.9. The van der Waals surface area contributed by atoms with Crippen molar-refractivity contribution >= 4 is 21.8 Å². The molecule has 0 aliphatic rings. The van der Waals surface area contributed by atoms with Crippen LogP contribution >= 0.6 is 11.6 Å². The SMILES string of the molecule is CCOCCN(CC)S(=O)(=O)N(C)CCCCl. The van der Waals surface area contributed by atoms with Gasteiger partial charge in [-0.3, -0.25) is 0 Å². The van der Waals surface area contributed by atoms with Crippen LogP contribution in [-0.2, 0) is 14.9 Å². The first-order valence-corrected chi connectivity index (χ1v) is 7.78. The van der Waals surface area contributed by atoms with Crippen molar-refractivity contribution in [3.8, 4) is 0 Å². The van der Waals surface area contributed by atoms with Crippen LogP contribution in [0, 0.1) is 0 Å². The van der Waals surface area contributed by atoms with Crippen molar-refractivity contribution in [2.45, 2.75) is 20.3 Å². The number of likely N-dealkylation sites (N-methyl/N-ethyl adjacent to an activating group) is 1. The van der Waals surface area contributed by atoms with E-state index in [9.17, 15) is 8.42 Å². The lowest BCUT2D eigenvalue weighted by Crippen LogP contribution is -2.43. The predicted octanol–water partition coefficient (Wildman–Crippen LogP) is 1.15. The van der Waals surface area contributed by atoms with Crippen LogP contribution in [0.4, 0.5) is 0 Å². The molecule has 0 N–H and O–H groups in total. The lowest BCUT2D eigenvalue weighted by atomic mass is 10.5.